The number of benzene rings is 1. The molecule has 0 heterocycles. The van der Waals surface area contributed by atoms with Crippen LogP contribution in [0.1, 0.15) is 27.7 Å². The Hall–Kier alpha value is -1.82. The molecule has 1 unspecified atom stereocenters. The Balaban J connectivity index is 2.68. The van der Waals surface area contributed by atoms with E-state index in [1.165, 1.54) is 12.1 Å². The van der Waals surface area contributed by atoms with Gasteiger partial charge in [0, 0.05) is 25.3 Å². The minimum Gasteiger partial charge on any atom is -0.444 e. The molecule has 0 aliphatic carbocycles. The van der Waals surface area contributed by atoms with Crippen LogP contribution >= 0.6 is 0 Å². The highest BCUT2D eigenvalue weighted by Gasteiger charge is 2.20. The van der Waals surface area contributed by atoms with Crippen LogP contribution in [0.25, 0.3) is 0 Å². The molecule has 0 radical (unpaired) electrons. The van der Waals surface area contributed by atoms with Gasteiger partial charge in [0.1, 0.15) is 11.4 Å². The molecular weight excluding hydrogens is 285 g/mol. The summed E-state index contributed by atoms with van der Waals surface area (Å²) in [6.07, 6.45) is -0.471. The van der Waals surface area contributed by atoms with Gasteiger partial charge >= 0.3 is 6.09 Å². The number of hydrogen-bond acceptors (Lipinski definition) is 4. The van der Waals surface area contributed by atoms with E-state index in [2.05, 4.69) is 5.32 Å². The van der Waals surface area contributed by atoms with E-state index in [0.717, 1.165) is 5.69 Å². The summed E-state index contributed by atoms with van der Waals surface area (Å²) in [6, 6.07) is 6.13. The number of nitrogens with one attached hydrogen (secondary N) is 1. The summed E-state index contributed by atoms with van der Waals surface area (Å²) in [5.41, 5.74) is 6.15. The molecule has 0 bridgehead atoms. The van der Waals surface area contributed by atoms with Crippen LogP contribution in [-0.2, 0) is 4.74 Å². The molecule has 1 amide bonds. The van der Waals surface area contributed by atoms with E-state index in [9.17, 15) is 9.18 Å². The molecule has 0 fully saturated rings. The number of rotatable bonds is 6. The van der Waals surface area contributed by atoms with Gasteiger partial charge in [-0.2, -0.15) is 0 Å². The predicted molar refractivity (Wildman–Crippen MR) is 86.5 cm³/mol. The van der Waals surface area contributed by atoms with Gasteiger partial charge in [-0.05, 0) is 52.0 Å². The summed E-state index contributed by atoms with van der Waals surface area (Å²) in [4.78, 5) is 13.8. The Morgan fingerprint density at radius 3 is 2.41 bits per heavy atom. The third-order valence-electron chi connectivity index (χ3n) is 3.09. The van der Waals surface area contributed by atoms with Gasteiger partial charge in [-0.1, -0.05) is 0 Å². The Morgan fingerprint density at radius 2 is 1.95 bits per heavy atom. The molecule has 1 aromatic carbocycles. The molecule has 124 valence electrons. The molecule has 0 aromatic heterocycles. The fraction of sp³-hybridized carbons (Fsp3) is 0.562. The molecule has 0 saturated heterocycles. The smallest absolute Gasteiger partial charge is 0.407 e. The Morgan fingerprint density at radius 1 is 1.36 bits per heavy atom. The van der Waals surface area contributed by atoms with Crippen molar-refractivity contribution < 1.29 is 13.9 Å². The van der Waals surface area contributed by atoms with Crippen molar-refractivity contribution in [3.05, 3.63) is 30.1 Å². The number of nitrogens with two attached hydrogens (primary N) is 1. The van der Waals surface area contributed by atoms with Gasteiger partial charge in [0.15, 0.2) is 0 Å². The van der Waals surface area contributed by atoms with E-state index in [1.807, 2.05) is 32.6 Å². The number of alkyl carbamates (subject to hydrolysis) is 1. The lowest BCUT2D eigenvalue weighted by Crippen LogP contribution is -2.49. The molecule has 0 aliphatic heterocycles. The molecular formula is C16H26FN3O2. The van der Waals surface area contributed by atoms with Gasteiger partial charge in [0.2, 0.25) is 0 Å². The summed E-state index contributed by atoms with van der Waals surface area (Å²) in [5.74, 6) is -0.281. The van der Waals surface area contributed by atoms with Crippen molar-refractivity contribution in [2.45, 2.75) is 39.3 Å². The Kier molecular flexibility index (Phi) is 6.61. The molecule has 1 aromatic rings. The van der Waals surface area contributed by atoms with Gasteiger partial charge in [-0.3, -0.25) is 0 Å². The topological polar surface area (TPSA) is 67.6 Å². The second kappa shape index (κ2) is 7.98. The molecule has 0 aliphatic rings. The van der Waals surface area contributed by atoms with Crippen LogP contribution in [0.15, 0.2) is 24.3 Å². The van der Waals surface area contributed by atoms with Crippen LogP contribution in [0.4, 0.5) is 14.9 Å². The van der Waals surface area contributed by atoms with E-state index in [1.54, 1.807) is 12.1 Å². The van der Waals surface area contributed by atoms with Crippen molar-refractivity contribution in [2.24, 2.45) is 5.73 Å². The van der Waals surface area contributed by atoms with Gasteiger partial charge < -0.3 is 20.7 Å². The first kappa shape index (κ1) is 18.2. The zero-order chi connectivity index (χ0) is 16.8. The first-order valence-electron chi connectivity index (χ1n) is 7.46. The first-order valence-corrected chi connectivity index (χ1v) is 7.46. The highest BCUT2D eigenvalue weighted by molar-refractivity contribution is 5.67. The summed E-state index contributed by atoms with van der Waals surface area (Å²) >= 11 is 0. The zero-order valence-electron chi connectivity index (χ0n) is 13.7. The zero-order valence-corrected chi connectivity index (χ0v) is 13.7. The number of nitrogens with zero attached hydrogens (tertiary/aromatic N) is 1. The summed E-state index contributed by atoms with van der Waals surface area (Å²) in [6.45, 7) is 8.83. The molecule has 0 spiro atoms. The van der Waals surface area contributed by atoms with Crippen LogP contribution in [0, 0.1) is 5.82 Å². The Bertz CT molecular complexity index is 471. The summed E-state index contributed by atoms with van der Waals surface area (Å²) in [5, 5.41) is 2.73. The first-order chi connectivity index (χ1) is 10.3. The third-order valence-corrected chi connectivity index (χ3v) is 3.09. The summed E-state index contributed by atoms with van der Waals surface area (Å²) in [7, 11) is 0. The fourth-order valence-corrected chi connectivity index (χ4v) is 2.12. The predicted octanol–water partition coefficient (Wildman–Crippen LogP) is 2.50. The lowest BCUT2D eigenvalue weighted by Gasteiger charge is -2.32. The van der Waals surface area contributed by atoms with E-state index >= 15 is 0 Å². The quantitative estimate of drug-likeness (QED) is 0.847. The standard InChI is InChI=1S/C16H26FN3O2/c1-5-20(13-8-6-12(17)7-9-13)14(10-18)11-19-15(21)22-16(2,3)4/h6-9,14H,5,10-11,18H2,1-4H3,(H,19,21). The lowest BCUT2D eigenvalue weighted by atomic mass is 10.2. The number of amides is 1. The lowest BCUT2D eigenvalue weighted by molar-refractivity contribution is 0.0524. The van der Waals surface area contributed by atoms with Crippen LogP contribution in [0.5, 0.6) is 0 Å². The van der Waals surface area contributed by atoms with Gasteiger partial charge in [-0.25, -0.2) is 9.18 Å². The average Bonchev–Trinajstić information content (AvgIpc) is 2.43. The van der Waals surface area contributed by atoms with Crippen molar-refractivity contribution in [2.75, 3.05) is 24.5 Å². The number of carbonyl (C=O) groups is 1. The van der Waals surface area contributed by atoms with Crippen LogP contribution < -0.4 is 16.0 Å². The van der Waals surface area contributed by atoms with E-state index in [-0.39, 0.29) is 11.9 Å². The van der Waals surface area contributed by atoms with Crippen molar-refractivity contribution in [3.8, 4) is 0 Å². The minimum absolute atomic E-state index is 0.0945. The maximum Gasteiger partial charge on any atom is 0.407 e. The molecule has 6 heteroatoms. The largest absolute Gasteiger partial charge is 0.444 e. The van der Waals surface area contributed by atoms with Gasteiger partial charge in [0.25, 0.3) is 0 Å². The number of ether oxygens (including phenoxy) is 1. The molecule has 1 atom stereocenters. The molecule has 1 rings (SSSR count). The fourth-order valence-electron chi connectivity index (χ4n) is 2.12. The average molecular weight is 311 g/mol. The molecule has 3 N–H and O–H groups in total. The molecule has 22 heavy (non-hydrogen) atoms. The maximum atomic E-state index is 13.0. The number of halogens is 1. The summed E-state index contributed by atoms with van der Waals surface area (Å²) < 4.78 is 18.2. The van der Waals surface area contributed by atoms with Crippen LogP contribution in [0.2, 0.25) is 0 Å². The van der Waals surface area contributed by atoms with Crippen molar-refractivity contribution in [1.82, 2.24) is 5.32 Å². The van der Waals surface area contributed by atoms with Crippen molar-refractivity contribution in [1.29, 1.82) is 0 Å². The Labute approximate surface area is 131 Å². The van der Waals surface area contributed by atoms with Crippen molar-refractivity contribution >= 4 is 11.8 Å². The number of hydrogen-bond donors (Lipinski definition) is 2. The number of anilines is 1. The minimum atomic E-state index is -0.538. The molecule has 0 saturated carbocycles. The molecule has 5 nitrogen and oxygen atoms in total. The van der Waals surface area contributed by atoms with E-state index in [4.69, 9.17) is 10.5 Å². The number of carbonyl (C=O) groups excluding carboxylic acids is 1. The van der Waals surface area contributed by atoms with Crippen LogP contribution in [-0.4, -0.2) is 37.4 Å². The van der Waals surface area contributed by atoms with Gasteiger partial charge in [0.05, 0.1) is 6.04 Å². The SMILES string of the molecule is CCN(c1ccc(F)cc1)C(CN)CNC(=O)OC(C)(C)C. The highest BCUT2D eigenvalue weighted by Crippen LogP contribution is 2.17. The van der Waals surface area contributed by atoms with Crippen LogP contribution in [0.3, 0.4) is 0 Å². The normalized spacial score (nSPS) is 12.6. The monoisotopic (exact) mass is 311 g/mol. The highest BCUT2D eigenvalue weighted by atomic mass is 19.1. The van der Waals surface area contributed by atoms with E-state index in [0.29, 0.717) is 19.6 Å². The second-order valence-corrected chi connectivity index (χ2v) is 6.03. The van der Waals surface area contributed by atoms with E-state index < -0.39 is 11.7 Å². The second-order valence-electron chi connectivity index (χ2n) is 6.03. The third kappa shape index (κ3) is 5.89. The number of likely N-dealkylation sites (N-methyl/N-ethyl adjacent to an activating group) is 1. The van der Waals surface area contributed by atoms with Crippen molar-refractivity contribution in [3.63, 3.8) is 0 Å². The van der Waals surface area contributed by atoms with Gasteiger partial charge in [-0.15, -0.1) is 0 Å². The maximum absolute atomic E-state index is 13.0.